The van der Waals surface area contributed by atoms with E-state index in [4.69, 9.17) is 1.37 Å². The molecule has 0 heteroatoms. The molecule has 0 saturated heterocycles. The molecule has 1 rings (SSSR count). The number of aryl methyl sites for hydroxylation is 1. The molecule has 0 aliphatic rings. The van der Waals surface area contributed by atoms with Gasteiger partial charge in [0, 0.05) is 1.37 Å². The van der Waals surface area contributed by atoms with Gasteiger partial charge >= 0.3 is 0 Å². The Labute approximate surface area is 70.7 Å². The summed E-state index contributed by atoms with van der Waals surface area (Å²) in [4.78, 5) is 0. The maximum atomic E-state index is 7.17. The maximum Gasteiger partial charge on any atom is 0.0280 e. The Hall–Kier alpha value is -0.780. The van der Waals surface area contributed by atoms with Gasteiger partial charge in [0.05, 0.1) is 0 Å². The number of hydrogen-bond donors (Lipinski definition) is 0. The molecule has 0 saturated carbocycles. The van der Waals surface area contributed by atoms with Gasteiger partial charge in [-0.25, -0.2) is 0 Å². The van der Waals surface area contributed by atoms with Crippen molar-refractivity contribution in [2.75, 3.05) is 0 Å². The van der Waals surface area contributed by atoms with Crippen molar-refractivity contribution in [2.45, 2.75) is 33.1 Å². The third-order valence-corrected chi connectivity index (χ3v) is 2.16. The molecular formula is C11H16. The van der Waals surface area contributed by atoms with Gasteiger partial charge in [0.15, 0.2) is 0 Å². The summed E-state index contributed by atoms with van der Waals surface area (Å²) in [6, 6.07) is 8.37. The summed E-state index contributed by atoms with van der Waals surface area (Å²) >= 11 is 0. The van der Waals surface area contributed by atoms with E-state index in [9.17, 15) is 0 Å². The van der Waals surface area contributed by atoms with Crippen LogP contribution in [0.5, 0.6) is 0 Å². The minimum absolute atomic E-state index is 0.390. The molecule has 0 spiro atoms. The SMILES string of the molecule is [2H]Cc1ccc(C(C)CC)cc1. The highest BCUT2D eigenvalue weighted by molar-refractivity contribution is 5.23. The van der Waals surface area contributed by atoms with Gasteiger partial charge in [-0.1, -0.05) is 43.7 Å². The monoisotopic (exact) mass is 149 g/mol. The van der Waals surface area contributed by atoms with Crippen LogP contribution in [-0.2, 0) is 0 Å². The van der Waals surface area contributed by atoms with Crippen LogP contribution in [0.15, 0.2) is 24.3 Å². The van der Waals surface area contributed by atoms with Crippen molar-refractivity contribution in [3.8, 4) is 0 Å². The molecular weight excluding hydrogens is 132 g/mol. The Kier molecular flexibility index (Phi) is 2.24. The second-order valence-corrected chi connectivity index (χ2v) is 3.05. The molecule has 1 atom stereocenters. The summed E-state index contributed by atoms with van der Waals surface area (Å²) in [5.74, 6) is 0.643. The van der Waals surface area contributed by atoms with Crippen molar-refractivity contribution >= 4 is 0 Å². The molecule has 0 heterocycles. The zero-order valence-electron chi connectivity index (χ0n) is 8.30. The molecule has 0 bridgehead atoms. The van der Waals surface area contributed by atoms with Crippen molar-refractivity contribution in [1.82, 2.24) is 0 Å². The van der Waals surface area contributed by atoms with Gasteiger partial charge in [-0.05, 0) is 24.8 Å². The third kappa shape index (κ3) is 2.07. The van der Waals surface area contributed by atoms with Crippen LogP contribution in [0.25, 0.3) is 0 Å². The Morgan fingerprint density at radius 3 is 2.45 bits per heavy atom. The first-order valence-corrected chi connectivity index (χ1v) is 4.16. The van der Waals surface area contributed by atoms with Crippen LogP contribution >= 0.6 is 0 Å². The first-order valence-electron chi connectivity index (χ1n) is 4.86. The highest BCUT2D eigenvalue weighted by Gasteiger charge is 2.00. The number of benzene rings is 1. The normalized spacial score (nSPS) is 14.2. The van der Waals surface area contributed by atoms with Gasteiger partial charge < -0.3 is 0 Å². The standard InChI is InChI=1S/C11H16/c1-4-10(3)11-7-5-9(2)6-8-11/h5-8,10H,4H2,1-3H3/i2D. The molecule has 11 heavy (non-hydrogen) atoms. The lowest BCUT2D eigenvalue weighted by Gasteiger charge is -2.07. The van der Waals surface area contributed by atoms with Crippen molar-refractivity contribution < 1.29 is 1.37 Å². The summed E-state index contributed by atoms with van der Waals surface area (Å²) in [5.41, 5.74) is 2.48. The fraction of sp³-hybridized carbons (Fsp3) is 0.455. The van der Waals surface area contributed by atoms with Gasteiger partial charge in [-0.15, -0.1) is 0 Å². The largest absolute Gasteiger partial charge is 0.0648 e. The second-order valence-electron chi connectivity index (χ2n) is 3.05. The van der Waals surface area contributed by atoms with Gasteiger partial charge in [-0.3, -0.25) is 0 Å². The lowest BCUT2D eigenvalue weighted by Crippen LogP contribution is -1.89. The maximum absolute atomic E-state index is 7.17. The van der Waals surface area contributed by atoms with E-state index in [2.05, 4.69) is 38.1 Å². The van der Waals surface area contributed by atoms with Crippen LogP contribution in [0, 0.1) is 6.90 Å². The molecule has 1 unspecified atom stereocenters. The van der Waals surface area contributed by atoms with Crippen LogP contribution in [0.4, 0.5) is 0 Å². The Morgan fingerprint density at radius 1 is 1.36 bits per heavy atom. The lowest BCUT2D eigenvalue weighted by atomic mass is 9.98. The van der Waals surface area contributed by atoms with E-state index < -0.39 is 0 Å². The summed E-state index contributed by atoms with van der Waals surface area (Å²) in [6.07, 6.45) is 1.18. The van der Waals surface area contributed by atoms with E-state index in [0.717, 1.165) is 5.56 Å². The first-order chi connectivity index (χ1) is 5.77. The van der Waals surface area contributed by atoms with Crippen molar-refractivity contribution in [2.24, 2.45) is 0 Å². The van der Waals surface area contributed by atoms with Crippen LogP contribution in [0.1, 0.15) is 38.7 Å². The fourth-order valence-electron chi connectivity index (χ4n) is 1.08. The van der Waals surface area contributed by atoms with E-state index >= 15 is 0 Å². The Bertz CT molecular complexity index is 225. The topological polar surface area (TPSA) is 0 Å². The lowest BCUT2D eigenvalue weighted by molar-refractivity contribution is 0.733. The molecule has 0 fully saturated rings. The van der Waals surface area contributed by atoms with E-state index in [1.165, 1.54) is 12.0 Å². The zero-order valence-corrected chi connectivity index (χ0v) is 7.30. The molecule has 0 aliphatic heterocycles. The van der Waals surface area contributed by atoms with E-state index in [1.54, 1.807) is 0 Å². The molecule has 1 aromatic rings. The van der Waals surface area contributed by atoms with Crippen molar-refractivity contribution in [3.05, 3.63) is 35.4 Å². The second kappa shape index (κ2) is 3.56. The fourth-order valence-corrected chi connectivity index (χ4v) is 1.08. The highest BCUT2D eigenvalue weighted by Crippen LogP contribution is 2.18. The zero-order chi connectivity index (χ0) is 8.97. The third-order valence-electron chi connectivity index (χ3n) is 2.16. The summed E-state index contributed by atoms with van der Waals surface area (Å²) < 4.78 is 7.17. The van der Waals surface area contributed by atoms with Gasteiger partial charge in [0.2, 0.25) is 0 Å². The van der Waals surface area contributed by atoms with E-state index in [0.29, 0.717) is 12.8 Å². The molecule has 0 nitrogen and oxygen atoms in total. The summed E-state index contributed by atoms with van der Waals surface area (Å²) in [7, 11) is 0. The van der Waals surface area contributed by atoms with Gasteiger partial charge in [0.1, 0.15) is 0 Å². The van der Waals surface area contributed by atoms with Crippen molar-refractivity contribution in [1.29, 1.82) is 0 Å². The molecule has 0 amide bonds. The van der Waals surface area contributed by atoms with Gasteiger partial charge in [0.25, 0.3) is 0 Å². The summed E-state index contributed by atoms with van der Waals surface area (Å²) in [6.45, 7) is 4.82. The molecule has 60 valence electrons. The molecule has 0 N–H and O–H groups in total. The molecule has 0 radical (unpaired) electrons. The minimum atomic E-state index is 0.390. The Morgan fingerprint density at radius 2 is 2.00 bits per heavy atom. The van der Waals surface area contributed by atoms with E-state index in [1.807, 2.05) is 0 Å². The van der Waals surface area contributed by atoms with Crippen molar-refractivity contribution in [3.63, 3.8) is 0 Å². The quantitative estimate of drug-likeness (QED) is 0.603. The number of rotatable bonds is 2. The van der Waals surface area contributed by atoms with Crippen LogP contribution < -0.4 is 0 Å². The smallest absolute Gasteiger partial charge is 0.0280 e. The number of hydrogen-bond acceptors (Lipinski definition) is 0. The molecule has 1 aromatic carbocycles. The van der Waals surface area contributed by atoms with E-state index in [-0.39, 0.29) is 0 Å². The predicted octanol–water partition coefficient (Wildman–Crippen LogP) is 3.51. The minimum Gasteiger partial charge on any atom is -0.0648 e. The average molecular weight is 149 g/mol. The van der Waals surface area contributed by atoms with Crippen LogP contribution in [0.3, 0.4) is 0 Å². The van der Waals surface area contributed by atoms with Gasteiger partial charge in [-0.2, -0.15) is 0 Å². The summed E-state index contributed by atoms with van der Waals surface area (Å²) in [5, 5.41) is 0. The average Bonchev–Trinajstić information content (AvgIpc) is 2.17. The Balaban J connectivity index is 2.77. The first kappa shape index (κ1) is 6.90. The highest BCUT2D eigenvalue weighted by atomic mass is 14.0. The van der Waals surface area contributed by atoms with Crippen LogP contribution in [0.2, 0.25) is 0 Å². The predicted molar refractivity (Wildman–Crippen MR) is 49.9 cm³/mol. The van der Waals surface area contributed by atoms with Crippen LogP contribution in [-0.4, -0.2) is 0 Å². The molecule has 0 aliphatic carbocycles. The molecule has 0 aromatic heterocycles.